The van der Waals surface area contributed by atoms with Crippen LogP contribution < -0.4 is 5.19 Å². The molecule has 1 nitrogen and oxygen atoms in total. The zero-order valence-corrected chi connectivity index (χ0v) is 8.52. The summed E-state index contributed by atoms with van der Waals surface area (Å²) in [4.78, 5) is 4.06. The number of aromatic nitrogens is 1. The Morgan fingerprint density at radius 3 is 2.33 bits per heavy atom. The first-order valence-electron chi connectivity index (χ1n) is 4.87. The Hall–Kier alpha value is -0.633. The van der Waals surface area contributed by atoms with E-state index < -0.39 is 8.80 Å². The summed E-state index contributed by atoms with van der Waals surface area (Å²) >= 11 is 0. The van der Waals surface area contributed by atoms with E-state index in [4.69, 9.17) is 0 Å². The highest BCUT2D eigenvalue weighted by Crippen LogP contribution is 2.18. The number of pyridine rings is 1. The third-order valence-corrected chi connectivity index (χ3v) is 6.32. The van der Waals surface area contributed by atoms with E-state index in [2.05, 4.69) is 17.1 Å². The molecule has 0 aliphatic carbocycles. The van der Waals surface area contributed by atoms with Gasteiger partial charge in [-0.2, -0.15) is 0 Å². The highest BCUT2D eigenvalue weighted by Gasteiger charge is 2.16. The van der Waals surface area contributed by atoms with Crippen LogP contribution in [0.15, 0.2) is 24.5 Å². The largest absolute Gasteiger partial charge is 0.265 e. The predicted molar refractivity (Wildman–Crippen MR) is 54.5 cm³/mol. The quantitative estimate of drug-likeness (QED) is 0.595. The highest BCUT2D eigenvalue weighted by atomic mass is 28.3. The lowest BCUT2D eigenvalue weighted by atomic mass is 10.3. The Labute approximate surface area is 75.4 Å². The average molecular weight is 177 g/mol. The van der Waals surface area contributed by atoms with Gasteiger partial charge in [-0.25, -0.2) is 0 Å². The van der Waals surface area contributed by atoms with Gasteiger partial charge < -0.3 is 0 Å². The molecule has 0 amide bonds. The van der Waals surface area contributed by atoms with Gasteiger partial charge in [-0.15, -0.1) is 0 Å². The van der Waals surface area contributed by atoms with E-state index in [-0.39, 0.29) is 0 Å². The van der Waals surface area contributed by atoms with Crippen LogP contribution in [0.4, 0.5) is 0 Å². The van der Waals surface area contributed by atoms with Gasteiger partial charge in [-0.1, -0.05) is 36.5 Å². The lowest BCUT2D eigenvalue weighted by Crippen LogP contribution is -2.31. The molecule has 0 aromatic carbocycles. The van der Waals surface area contributed by atoms with Crippen molar-refractivity contribution in [3.05, 3.63) is 24.5 Å². The fraction of sp³-hybridized carbons (Fsp3) is 0.500. The molecular weight excluding hydrogens is 162 g/mol. The monoisotopic (exact) mass is 177 g/mol. The summed E-state index contributed by atoms with van der Waals surface area (Å²) in [6.07, 6.45) is 8.29. The highest BCUT2D eigenvalue weighted by molar-refractivity contribution is 6.73. The number of nitrogens with zero attached hydrogens (tertiary/aromatic N) is 1. The van der Waals surface area contributed by atoms with Gasteiger partial charge in [0.05, 0.1) is 8.80 Å². The van der Waals surface area contributed by atoms with E-state index >= 15 is 0 Å². The third-order valence-electron chi connectivity index (χ3n) is 2.78. The van der Waals surface area contributed by atoms with Crippen LogP contribution in [-0.2, 0) is 0 Å². The molecule has 1 saturated heterocycles. The van der Waals surface area contributed by atoms with Crippen molar-refractivity contribution in [2.24, 2.45) is 0 Å². The van der Waals surface area contributed by atoms with Crippen molar-refractivity contribution in [3.63, 3.8) is 0 Å². The first-order valence-corrected chi connectivity index (χ1v) is 7.08. The Morgan fingerprint density at radius 1 is 1.00 bits per heavy atom. The Kier molecular flexibility index (Phi) is 2.56. The summed E-state index contributed by atoms with van der Waals surface area (Å²) in [6, 6.07) is 7.48. The van der Waals surface area contributed by atoms with Crippen molar-refractivity contribution in [1.82, 2.24) is 4.98 Å². The average Bonchev–Trinajstić information content (AvgIpc) is 2.21. The second kappa shape index (κ2) is 3.85. The van der Waals surface area contributed by atoms with Crippen molar-refractivity contribution in [3.8, 4) is 0 Å². The summed E-state index contributed by atoms with van der Waals surface area (Å²) in [6.45, 7) is 0. The molecular formula is C10H15NSi. The second-order valence-electron chi connectivity index (χ2n) is 3.62. The summed E-state index contributed by atoms with van der Waals surface area (Å²) in [5, 5.41) is 1.63. The van der Waals surface area contributed by atoms with Gasteiger partial charge in [0, 0.05) is 12.4 Å². The molecule has 0 bridgehead atoms. The van der Waals surface area contributed by atoms with Crippen molar-refractivity contribution in [1.29, 1.82) is 0 Å². The molecule has 0 saturated carbocycles. The Bertz CT molecular complexity index is 229. The van der Waals surface area contributed by atoms with Crippen LogP contribution >= 0.6 is 0 Å². The summed E-state index contributed by atoms with van der Waals surface area (Å²) in [5.41, 5.74) is 0. The molecule has 2 rings (SSSR count). The van der Waals surface area contributed by atoms with Crippen molar-refractivity contribution >= 4 is 14.0 Å². The molecule has 1 fully saturated rings. The van der Waals surface area contributed by atoms with Crippen molar-refractivity contribution in [2.75, 3.05) is 0 Å². The standard InChI is InChI=1S/C10H15NSi/c1-2-8-12(9-3-1)10-4-6-11-7-5-10/h4-7,12H,1-3,8-9H2. The molecule has 1 aromatic rings. The van der Waals surface area contributed by atoms with Gasteiger partial charge in [0.2, 0.25) is 0 Å². The van der Waals surface area contributed by atoms with Gasteiger partial charge in [0.15, 0.2) is 0 Å². The van der Waals surface area contributed by atoms with Crippen LogP contribution in [0.2, 0.25) is 12.1 Å². The maximum absolute atomic E-state index is 4.06. The van der Waals surface area contributed by atoms with Crippen LogP contribution in [0.25, 0.3) is 0 Å². The summed E-state index contributed by atoms with van der Waals surface area (Å²) < 4.78 is 0. The fourth-order valence-corrected chi connectivity index (χ4v) is 5.31. The van der Waals surface area contributed by atoms with E-state index in [1.54, 1.807) is 5.19 Å². The maximum Gasteiger partial charge on any atom is 0.0709 e. The van der Waals surface area contributed by atoms with Gasteiger partial charge in [0.25, 0.3) is 0 Å². The van der Waals surface area contributed by atoms with Crippen LogP contribution in [0.3, 0.4) is 0 Å². The zero-order valence-electron chi connectivity index (χ0n) is 7.37. The molecule has 0 unspecified atom stereocenters. The molecule has 0 atom stereocenters. The first kappa shape index (κ1) is 7.99. The summed E-state index contributed by atoms with van der Waals surface area (Å²) in [7, 11) is -0.524. The van der Waals surface area contributed by atoms with Crippen molar-refractivity contribution < 1.29 is 0 Å². The minimum Gasteiger partial charge on any atom is -0.265 e. The van der Waals surface area contributed by atoms with Crippen LogP contribution in [0, 0.1) is 0 Å². The van der Waals surface area contributed by atoms with E-state index in [0.29, 0.717) is 0 Å². The molecule has 12 heavy (non-hydrogen) atoms. The number of rotatable bonds is 1. The molecule has 0 spiro atoms. The molecule has 1 aliphatic heterocycles. The minimum absolute atomic E-state index is 0.524. The molecule has 64 valence electrons. The van der Waals surface area contributed by atoms with Gasteiger partial charge in [-0.3, -0.25) is 4.98 Å². The van der Waals surface area contributed by atoms with E-state index in [9.17, 15) is 0 Å². The van der Waals surface area contributed by atoms with Gasteiger partial charge in [-0.05, 0) is 12.1 Å². The van der Waals surface area contributed by atoms with Crippen LogP contribution in [0.1, 0.15) is 19.3 Å². The van der Waals surface area contributed by atoms with Crippen LogP contribution in [0.5, 0.6) is 0 Å². The van der Waals surface area contributed by atoms with Gasteiger partial charge in [0.1, 0.15) is 0 Å². The third kappa shape index (κ3) is 1.75. The van der Waals surface area contributed by atoms with Crippen molar-refractivity contribution in [2.45, 2.75) is 31.4 Å². The second-order valence-corrected chi connectivity index (χ2v) is 6.83. The molecule has 2 heteroatoms. The lowest BCUT2D eigenvalue weighted by molar-refractivity contribution is 0.727. The van der Waals surface area contributed by atoms with E-state index in [1.165, 1.54) is 31.4 Å². The maximum atomic E-state index is 4.06. The zero-order chi connectivity index (χ0) is 8.23. The SMILES string of the molecule is c1cc([SiH]2CCCCC2)ccn1. The smallest absolute Gasteiger partial charge is 0.0709 e. The van der Waals surface area contributed by atoms with E-state index in [1.807, 2.05) is 12.4 Å². The van der Waals surface area contributed by atoms with Gasteiger partial charge >= 0.3 is 0 Å². The minimum atomic E-state index is -0.524. The molecule has 1 aliphatic rings. The topological polar surface area (TPSA) is 12.9 Å². The molecule has 2 heterocycles. The fourth-order valence-electron chi connectivity index (χ4n) is 2.07. The van der Waals surface area contributed by atoms with E-state index in [0.717, 1.165) is 0 Å². The number of hydrogen-bond acceptors (Lipinski definition) is 1. The Balaban J connectivity index is 2.08. The first-order chi connectivity index (χ1) is 5.97. The molecule has 0 N–H and O–H groups in total. The number of hydrogen-bond donors (Lipinski definition) is 0. The lowest BCUT2D eigenvalue weighted by Gasteiger charge is -2.19. The predicted octanol–water partition coefficient (Wildman–Crippen LogP) is 1.70. The molecule has 0 radical (unpaired) electrons. The van der Waals surface area contributed by atoms with Crippen LogP contribution in [-0.4, -0.2) is 13.8 Å². The Morgan fingerprint density at radius 2 is 1.67 bits per heavy atom. The normalized spacial score (nSPS) is 19.3. The summed E-state index contributed by atoms with van der Waals surface area (Å²) in [5.74, 6) is 0. The molecule has 1 aromatic heterocycles.